The number of benzene rings is 3. The second kappa shape index (κ2) is 10.3. The lowest BCUT2D eigenvalue weighted by Gasteiger charge is -2.38. The molecule has 0 amide bonds. The van der Waals surface area contributed by atoms with E-state index in [-0.39, 0.29) is 12.0 Å². The number of carbonyl (C=O) groups is 1. The molecule has 5 heteroatoms. The van der Waals surface area contributed by atoms with Crippen LogP contribution in [-0.2, 0) is 11.4 Å². The number of hydrogen-bond acceptors (Lipinski definition) is 4. The lowest BCUT2D eigenvalue weighted by Crippen LogP contribution is -2.41. The summed E-state index contributed by atoms with van der Waals surface area (Å²) in [5.41, 5.74) is 3.24. The van der Waals surface area contributed by atoms with Gasteiger partial charge in [0.25, 0.3) is 0 Å². The summed E-state index contributed by atoms with van der Waals surface area (Å²) < 4.78 is 11.6. The number of carboxylic acid groups (broad SMARTS) is 1. The summed E-state index contributed by atoms with van der Waals surface area (Å²) >= 11 is 0. The van der Waals surface area contributed by atoms with Crippen LogP contribution < -0.4 is 9.47 Å². The van der Waals surface area contributed by atoms with Crippen LogP contribution in [0.5, 0.6) is 11.5 Å². The van der Waals surface area contributed by atoms with E-state index in [1.54, 1.807) is 7.11 Å². The van der Waals surface area contributed by atoms with Crippen molar-refractivity contribution < 1.29 is 19.4 Å². The van der Waals surface area contributed by atoms with Crippen molar-refractivity contribution in [2.24, 2.45) is 5.92 Å². The summed E-state index contributed by atoms with van der Waals surface area (Å²) in [5, 5.41) is 9.64. The molecular weight excluding hydrogens is 402 g/mol. The van der Waals surface area contributed by atoms with Gasteiger partial charge in [-0.1, -0.05) is 60.7 Å². The zero-order chi connectivity index (χ0) is 22.3. The largest absolute Gasteiger partial charge is 0.497 e. The Labute approximate surface area is 189 Å². The normalized spacial score (nSPS) is 17.5. The third kappa shape index (κ3) is 5.11. The number of methoxy groups -OCH3 is 1. The topological polar surface area (TPSA) is 59.0 Å². The summed E-state index contributed by atoms with van der Waals surface area (Å²) in [5.74, 6) is 0.525. The first kappa shape index (κ1) is 21.9. The van der Waals surface area contributed by atoms with E-state index in [9.17, 15) is 9.90 Å². The summed E-state index contributed by atoms with van der Waals surface area (Å²) in [6.45, 7) is 1.83. The summed E-state index contributed by atoms with van der Waals surface area (Å²) in [4.78, 5) is 14.0. The lowest BCUT2D eigenvalue weighted by atomic mass is 9.91. The van der Waals surface area contributed by atoms with E-state index < -0.39 is 5.97 Å². The predicted octanol–water partition coefficient (Wildman–Crippen LogP) is 5.16. The number of piperidine rings is 1. The molecule has 1 heterocycles. The first-order valence-corrected chi connectivity index (χ1v) is 11.0. The molecule has 0 aromatic heterocycles. The fraction of sp³-hybridized carbons (Fsp3) is 0.296. The average Bonchev–Trinajstić information content (AvgIpc) is 2.85. The Bertz CT molecular complexity index is 1020. The van der Waals surface area contributed by atoms with Gasteiger partial charge in [0.1, 0.15) is 18.1 Å². The SMILES string of the molecule is COc1ccc(C(c2ccccc2OCc2ccccc2)N2CCCC(C(=O)O)C2)cc1. The third-order valence-electron chi connectivity index (χ3n) is 6.05. The van der Waals surface area contributed by atoms with Gasteiger partial charge in [-0.2, -0.15) is 0 Å². The Morgan fingerprint density at radius 3 is 2.47 bits per heavy atom. The minimum Gasteiger partial charge on any atom is -0.497 e. The van der Waals surface area contributed by atoms with E-state index in [1.807, 2.05) is 60.7 Å². The van der Waals surface area contributed by atoms with Crippen LogP contribution in [0.2, 0.25) is 0 Å². The van der Waals surface area contributed by atoms with Crippen LogP contribution in [0.3, 0.4) is 0 Å². The van der Waals surface area contributed by atoms with Crippen molar-refractivity contribution in [2.45, 2.75) is 25.5 Å². The fourth-order valence-corrected chi connectivity index (χ4v) is 4.39. The summed E-state index contributed by atoms with van der Waals surface area (Å²) in [6, 6.07) is 26.1. The number of nitrogens with zero attached hydrogens (tertiary/aromatic N) is 1. The Balaban J connectivity index is 1.68. The minimum absolute atomic E-state index is 0.102. The van der Waals surface area contributed by atoms with Crippen molar-refractivity contribution in [3.05, 3.63) is 95.6 Å². The second-order valence-electron chi connectivity index (χ2n) is 8.16. The Morgan fingerprint density at radius 2 is 1.75 bits per heavy atom. The van der Waals surface area contributed by atoms with Gasteiger partial charge in [0, 0.05) is 12.1 Å². The number of carboxylic acids is 1. The summed E-state index contributed by atoms with van der Waals surface area (Å²) in [6.07, 6.45) is 1.57. The van der Waals surface area contributed by atoms with Gasteiger partial charge in [-0.3, -0.25) is 9.69 Å². The van der Waals surface area contributed by atoms with Gasteiger partial charge in [-0.15, -0.1) is 0 Å². The van der Waals surface area contributed by atoms with Crippen molar-refractivity contribution >= 4 is 5.97 Å². The van der Waals surface area contributed by atoms with Gasteiger partial charge in [0.05, 0.1) is 19.1 Å². The molecule has 1 fully saturated rings. The molecule has 4 rings (SSSR count). The molecule has 0 bridgehead atoms. The number of likely N-dealkylation sites (tertiary alicyclic amines) is 1. The van der Waals surface area contributed by atoms with Crippen molar-refractivity contribution in [3.63, 3.8) is 0 Å². The molecule has 1 saturated heterocycles. The second-order valence-corrected chi connectivity index (χ2v) is 8.16. The maximum Gasteiger partial charge on any atom is 0.307 e. The van der Waals surface area contributed by atoms with Crippen LogP contribution in [0.25, 0.3) is 0 Å². The Morgan fingerprint density at radius 1 is 1.03 bits per heavy atom. The maximum atomic E-state index is 11.7. The van der Waals surface area contributed by atoms with E-state index in [0.29, 0.717) is 19.6 Å². The maximum absolute atomic E-state index is 11.7. The predicted molar refractivity (Wildman–Crippen MR) is 124 cm³/mol. The molecule has 0 spiro atoms. The zero-order valence-corrected chi connectivity index (χ0v) is 18.3. The Hall–Kier alpha value is -3.31. The van der Waals surface area contributed by atoms with Gasteiger partial charge in [0.2, 0.25) is 0 Å². The third-order valence-corrected chi connectivity index (χ3v) is 6.05. The van der Waals surface area contributed by atoms with Gasteiger partial charge < -0.3 is 14.6 Å². The molecule has 1 aliphatic heterocycles. The van der Waals surface area contributed by atoms with Crippen molar-refractivity contribution in [1.29, 1.82) is 0 Å². The van der Waals surface area contributed by atoms with E-state index in [4.69, 9.17) is 9.47 Å². The highest BCUT2D eigenvalue weighted by atomic mass is 16.5. The number of hydrogen-bond donors (Lipinski definition) is 1. The van der Waals surface area contributed by atoms with Crippen LogP contribution >= 0.6 is 0 Å². The fourth-order valence-electron chi connectivity index (χ4n) is 4.39. The molecule has 3 aromatic carbocycles. The smallest absolute Gasteiger partial charge is 0.307 e. The molecule has 1 N–H and O–H groups in total. The molecule has 5 nitrogen and oxygen atoms in total. The van der Waals surface area contributed by atoms with Gasteiger partial charge in [-0.05, 0) is 48.7 Å². The highest BCUT2D eigenvalue weighted by Gasteiger charge is 2.32. The van der Waals surface area contributed by atoms with Gasteiger partial charge in [0.15, 0.2) is 0 Å². The molecule has 166 valence electrons. The van der Waals surface area contributed by atoms with E-state index in [1.165, 1.54) is 0 Å². The molecule has 0 aliphatic carbocycles. The number of para-hydroxylation sites is 1. The highest BCUT2D eigenvalue weighted by Crippen LogP contribution is 2.38. The first-order chi connectivity index (χ1) is 15.7. The number of ether oxygens (including phenoxy) is 2. The van der Waals surface area contributed by atoms with Gasteiger partial charge >= 0.3 is 5.97 Å². The quantitative estimate of drug-likeness (QED) is 0.534. The zero-order valence-electron chi connectivity index (χ0n) is 18.3. The standard InChI is InChI=1S/C27H29NO4/c1-31-23-15-13-21(14-16-23)26(28-17-7-10-22(18-28)27(29)30)24-11-5-6-12-25(24)32-19-20-8-3-2-4-9-20/h2-6,8-9,11-16,22,26H,7,10,17-19H2,1H3,(H,29,30). The van der Waals surface area contributed by atoms with Crippen LogP contribution in [0.1, 0.15) is 35.6 Å². The molecule has 0 radical (unpaired) electrons. The minimum atomic E-state index is -0.725. The molecule has 0 saturated carbocycles. The molecule has 2 atom stereocenters. The van der Waals surface area contributed by atoms with Crippen LogP contribution in [0.4, 0.5) is 0 Å². The monoisotopic (exact) mass is 431 g/mol. The highest BCUT2D eigenvalue weighted by molar-refractivity contribution is 5.70. The first-order valence-electron chi connectivity index (χ1n) is 11.0. The summed E-state index contributed by atoms with van der Waals surface area (Å²) in [7, 11) is 1.65. The van der Waals surface area contributed by atoms with Crippen molar-refractivity contribution in [1.82, 2.24) is 4.90 Å². The molecule has 2 unspecified atom stereocenters. The van der Waals surface area contributed by atoms with Crippen molar-refractivity contribution in [3.8, 4) is 11.5 Å². The average molecular weight is 432 g/mol. The molecule has 1 aliphatic rings. The van der Waals surface area contributed by atoms with Crippen LogP contribution in [0, 0.1) is 5.92 Å². The van der Waals surface area contributed by atoms with E-state index in [2.05, 4.69) is 23.1 Å². The van der Waals surface area contributed by atoms with E-state index in [0.717, 1.165) is 41.2 Å². The number of aliphatic carboxylic acids is 1. The number of rotatable bonds is 8. The van der Waals surface area contributed by atoms with E-state index >= 15 is 0 Å². The van der Waals surface area contributed by atoms with Gasteiger partial charge in [-0.25, -0.2) is 0 Å². The van der Waals surface area contributed by atoms with Crippen LogP contribution in [0.15, 0.2) is 78.9 Å². The Kier molecular flexibility index (Phi) is 7.07. The lowest BCUT2D eigenvalue weighted by molar-refractivity contribution is -0.143. The molecular formula is C27H29NO4. The van der Waals surface area contributed by atoms with Crippen LogP contribution in [-0.4, -0.2) is 36.2 Å². The molecule has 32 heavy (non-hydrogen) atoms. The van der Waals surface area contributed by atoms with Crippen molar-refractivity contribution in [2.75, 3.05) is 20.2 Å². The molecule has 3 aromatic rings.